The largest absolute Gasteiger partial charge is 0.390 e. The van der Waals surface area contributed by atoms with Crippen molar-refractivity contribution < 1.29 is 10.2 Å². The maximum Gasteiger partial charge on any atom is 0.225 e. The lowest BCUT2D eigenvalue weighted by Gasteiger charge is -2.30. The molecule has 32 heavy (non-hydrogen) atoms. The summed E-state index contributed by atoms with van der Waals surface area (Å²) in [7, 11) is 0. The van der Waals surface area contributed by atoms with Gasteiger partial charge in [0.1, 0.15) is 21.9 Å². The molecule has 2 fully saturated rings. The van der Waals surface area contributed by atoms with E-state index in [1.807, 2.05) is 19.9 Å². The van der Waals surface area contributed by atoms with Gasteiger partial charge >= 0.3 is 0 Å². The van der Waals surface area contributed by atoms with Crippen LogP contribution in [0.2, 0.25) is 0 Å². The molecule has 2 aliphatic carbocycles. The summed E-state index contributed by atoms with van der Waals surface area (Å²) < 4.78 is 1.06. The molecule has 9 heteroatoms. The van der Waals surface area contributed by atoms with Gasteiger partial charge in [-0.15, -0.1) is 11.3 Å². The molecule has 0 spiro atoms. The molecule has 4 N–H and O–H groups in total. The summed E-state index contributed by atoms with van der Waals surface area (Å²) >= 11 is 1.58. The fraction of sp³-hybridized carbons (Fsp3) is 0.565. The molecule has 0 bridgehead atoms. The summed E-state index contributed by atoms with van der Waals surface area (Å²) in [5, 5.41) is 28.8. The van der Waals surface area contributed by atoms with E-state index in [9.17, 15) is 10.2 Å². The molecule has 0 amide bonds. The molecule has 0 unspecified atom stereocenters. The minimum atomic E-state index is -1.24. The van der Waals surface area contributed by atoms with Crippen molar-refractivity contribution in [3.63, 3.8) is 0 Å². The predicted molar refractivity (Wildman–Crippen MR) is 127 cm³/mol. The lowest BCUT2D eigenvalue weighted by Crippen LogP contribution is -2.47. The van der Waals surface area contributed by atoms with Crippen LogP contribution in [0.5, 0.6) is 0 Å². The Labute approximate surface area is 191 Å². The van der Waals surface area contributed by atoms with Crippen molar-refractivity contribution >= 4 is 33.3 Å². The molecule has 3 aromatic heterocycles. The highest BCUT2D eigenvalue weighted by Gasteiger charge is 2.45. The molecule has 0 radical (unpaired) electrons. The van der Waals surface area contributed by atoms with E-state index in [1.54, 1.807) is 24.5 Å². The molecule has 4 atom stereocenters. The number of hydrogen-bond acceptors (Lipinski definition) is 9. The molecule has 0 saturated heterocycles. The minimum absolute atomic E-state index is 0.306. The second-order valence-corrected chi connectivity index (χ2v) is 10.4. The van der Waals surface area contributed by atoms with Gasteiger partial charge in [0.05, 0.1) is 33.8 Å². The summed E-state index contributed by atoms with van der Waals surface area (Å²) in [6, 6.07) is 1.95. The number of anilines is 2. The van der Waals surface area contributed by atoms with Crippen molar-refractivity contribution in [1.82, 2.24) is 19.9 Å². The van der Waals surface area contributed by atoms with Crippen molar-refractivity contribution in [2.24, 2.45) is 5.92 Å². The first-order valence-electron chi connectivity index (χ1n) is 11.3. The van der Waals surface area contributed by atoms with E-state index in [0.29, 0.717) is 36.6 Å². The van der Waals surface area contributed by atoms with Crippen LogP contribution in [-0.2, 0) is 0 Å². The van der Waals surface area contributed by atoms with Gasteiger partial charge in [-0.2, -0.15) is 4.98 Å². The van der Waals surface area contributed by atoms with Crippen molar-refractivity contribution in [2.45, 2.75) is 77.2 Å². The highest BCUT2D eigenvalue weighted by atomic mass is 32.1. The van der Waals surface area contributed by atoms with Crippen LogP contribution < -0.4 is 10.6 Å². The minimum Gasteiger partial charge on any atom is -0.390 e. The van der Waals surface area contributed by atoms with Gasteiger partial charge in [-0.25, -0.2) is 9.97 Å². The second kappa shape index (κ2) is 7.90. The van der Waals surface area contributed by atoms with E-state index >= 15 is 0 Å². The molecule has 2 saturated carbocycles. The number of nitrogens with one attached hydrogen (secondary N) is 2. The smallest absolute Gasteiger partial charge is 0.225 e. The van der Waals surface area contributed by atoms with Crippen molar-refractivity contribution in [2.75, 3.05) is 10.6 Å². The highest BCUT2D eigenvalue weighted by Crippen LogP contribution is 2.40. The van der Waals surface area contributed by atoms with E-state index in [2.05, 4.69) is 22.5 Å². The number of pyridine rings is 1. The Morgan fingerprint density at radius 3 is 2.56 bits per heavy atom. The number of aliphatic hydroxyl groups is 2. The summed E-state index contributed by atoms with van der Waals surface area (Å²) in [6.07, 6.45) is 4.69. The first-order valence-corrected chi connectivity index (χ1v) is 12.1. The number of aliphatic hydroxyl groups excluding tert-OH is 1. The molecule has 0 aromatic carbocycles. The Hall–Kier alpha value is -2.36. The normalized spacial score (nSPS) is 26.4. The first-order chi connectivity index (χ1) is 15.2. The number of thiazole rings is 1. The number of fused-ring (bicyclic) bond motifs is 1. The van der Waals surface area contributed by atoms with Gasteiger partial charge in [0.15, 0.2) is 0 Å². The van der Waals surface area contributed by atoms with Crippen LogP contribution in [-0.4, -0.2) is 53.9 Å². The molecule has 3 aromatic rings. The molecule has 5 rings (SSSR count). The van der Waals surface area contributed by atoms with Gasteiger partial charge in [-0.1, -0.05) is 0 Å². The topological polar surface area (TPSA) is 116 Å². The predicted octanol–water partition coefficient (Wildman–Crippen LogP) is 3.66. The third-order valence-electron chi connectivity index (χ3n) is 6.90. The maximum absolute atomic E-state index is 10.9. The van der Waals surface area contributed by atoms with Gasteiger partial charge < -0.3 is 20.8 Å². The summed E-state index contributed by atoms with van der Waals surface area (Å²) in [5.74, 6) is 1.87. The average Bonchev–Trinajstić information content (AvgIpc) is 3.45. The Morgan fingerprint density at radius 1 is 1.12 bits per heavy atom. The second-order valence-electron chi connectivity index (χ2n) is 9.40. The van der Waals surface area contributed by atoms with Crippen LogP contribution >= 0.6 is 11.3 Å². The molecule has 2 aliphatic rings. The van der Waals surface area contributed by atoms with Crippen LogP contribution in [0.4, 0.5) is 11.8 Å². The van der Waals surface area contributed by atoms with Crippen LogP contribution in [0.15, 0.2) is 12.3 Å². The van der Waals surface area contributed by atoms with E-state index in [1.165, 1.54) is 12.8 Å². The fourth-order valence-electron chi connectivity index (χ4n) is 4.53. The van der Waals surface area contributed by atoms with E-state index < -0.39 is 11.7 Å². The summed E-state index contributed by atoms with van der Waals surface area (Å²) in [4.78, 5) is 18.8. The van der Waals surface area contributed by atoms with E-state index in [-0.39, 0.29) is 6.04 Å². The number of hydrogen-bond donors (Lipinski definition) is 4. The van der Waals surface area contributed by atoms with Gasteiger partial charge in [-0.3, -0.25) is 4.98 Å². The maximum atomic E-state index is 10.9. The van der Waals surface area contributed by atoms with Crippen molar-refractivity contribution in [3.8, 4) is 10.6 Å². The third-order valence-corrected chi connectivity index (χ3v) is 7.94. The monoisotopic (exact) mass is 454 g/mol. The van der Waals surface area contributed by atoms with Crippen LogP contribution in [0.25, 0.3) is 20.8 Å². The Kier molecular flexibility index (Phi) is 5.30. The SMILES string of the molecule is Cc1nc(N[C@H](C)C2CC2)nc(N[C@@H]2CC[C@@H](O)[C@@]2(C)O)c1-c1nc2c(C)nccc2s1. The standard InChI is InChI=1S/C23H30N6O2S/c1-11(14-5-6-14)25-22-26-12(2)18(21-28-19-13(3)24-10-9-15(19)32-21)20(29-22)27-16-7-8-17(30)23(16,4)31/h9-11,14,16-17,30-31H,5-8H2,1-4H3,(H2,25,26,27,29)/t11-,16-,17-,23+/m1/s1. The van der Waals surface area contributed by atoms with Gasteiger partial charge in [0.25, 0.3) is 0 Å². The lowest BCUT2D eigenvalue weighted by molar-refractivity contribution is -0.0439. The molecule has 8 nitrogen and oxygen atoms in total. The molecule has 3 heterocycles. The summed E-state index contributed by atoms with van der Waals surface area (Å²) in [5.41, 5.74) is 2.17. The lowest BCUT2D eigenvalue weighted by atomic mass is 9.98. The number of aryl methyl sites for hydroxylation is 2. The molecule has 170 valence electrons. The first kappa shape index (κ1) is 21.5. The average molecular weight is 455 g/mol. The van der Waals surface area contributed by atoms with Gasteiger partial charge in [-0.05, 0) is 65.4 Å². The van der Waals surface area contributed by atoms with Crippen LogP contribution in [0.1, 0.15) is 50.9 Å². The van der Waals surface area contributed by atoms with Crippen molar-refractivity contribution in [1.29, 1.82) is 0 Å². The fourth-order valence-corrected chi connectivity index (χ4v) is 5.64. The van der Waals surface area contributed by atoms with Gasteiger partial charge in [0.2, 0.25) is 5.95 Å². The van der Waals surface area contributed by atoms with Crippen LogP contribution in [0.3, 0.4) is 0 Å². The van der Waals surface area contributed by atoms with Gasteiger partial charge in [0, 0.05) is 12.2 Å². The Morgan fingerprint density at radius 2 is 1.91 bits per heavy atom. The molecule has 0 aliphatic heterocycles. The third kappa shape index (κ3) is 3.82. The summed E-state index contributed by atoms with van der Waals surface area (Å²) in [6.45, 7) is 7.77. The quantitative estimate of drug-likeness (QED) is 0.446. The molecular weight excluding hydrogens is 424 g/mol. The highest BCUT2D eigenvalue weighted by molar-refractivity contribution is 7.21. The van der Waals surface area contributed by atoms with Crippen molar-refractivity contribution in [3.05, 3.63) is 23.7 Å². The molecular formula is C23H30N6O2S. The number of rotatable bonds is 6. The number of aromatic nitrogens is 4. The zero-order chi connectivity index (χ0) is 22.6. The Balaban J connectivity index is 1.58. The van der Waals surface area contributed by atoms with E-state index in [0.717, 1.165) is 32.2 Å². The zero-order valence-electron chi connectivity index (χ0n) is 18.9. The Bertz CT molecular complexity index is 1160. The number of nitrogens with zero attached hydrogens (tertiary/aromatic N) is 4. The van der Waals surface area contributed by atoms with Crippen LogP contribution in [0, 0.1) is 19.8 Å². The van der Waals surface area contributed by atoms with E-state index in [4.69, 9.17) is 15.0 Å². The zero-order valence-corrected chi connectivity index (χ0v) is 19.7.